The first-order valence-electron chi connectivity index (χ1n) is 10.0. The van der Waals surface area contributed by atoms with Gasteiger partial charge in [0.1, 0.15) is 32.5 Å². The Kier molecular flexibility index (Phi) is 21.4. The summed E-state index contributed by atoms with van der Waals surface area (Å²) in [6.07, 6.45) is 21.8. The van der Waals surface area contributed by atoms with E-state index in [2.05, 4.69) is 39.4 Å². The van der Waals surface area contributed by atoms with E-state index in [1.807, 2.05) is 0 Å². The fourth-order valence-corrected chi connectivity index (χ4v) is 4.89. The molecule has 0 aliphatic heterocycles. The van der Waals surface area contributed by atoms with Gasteiger partial charge in [0, 0.05) is 0 Å². The molecule has 7 heteroatoms. The topological polar surface area (TPSA) is 27.7 Å². The van der Waals surface area contributed by atoms with E-state index in [-0.39, 0.29) is 0 Å². The number of hydrogen-bond donors (Lipinski definition) is 0. The SMILES string of the molecule is CCCCCCCCCCCCCCCCCCOP(=S)(OBr)OBr. The summed E-state index contributed by atoms with van der Waals surface area (Å²) in [6.45, 7) is 0.267. The predicted octanol–water partition coefficient (Wildman–Crippen LogP) is 9.14. The van der Waals surface area contributed by atoms with Crippen molar-refractivity contribution in [2.45, 2.75) is 110 Å². The molecule has 0 bridgehead atoms. The van der Waals surface area contributed by atoms with Gasteiger partial charge in [0.05, 0.1) is 6.61 Å². The minimum Gasteiger partial charge on any atom is -0.308 e. The molecule has 152 valence electrons. The Hall–Kier alpha value is 1.49. The second-order valence-electron chi connectivity index (χ2n) is 6.72. The fraction of sp³-hybridized carbons (Fsp3) is 1.00. The van der Waals surface area contributed by atoms with E-state index in [9.17, 15) is 0 Å². The highest BCUT2D eigenvalue weighted by Crippen LogP contribution is 2.53. The molecule has 0 atom stereocenters. The highest BCUT2D eigenvalue weighted by Gasteiger charge is 2.18. The summed E-state index contributed by atoms with van der Waals surface area (Å²) in [5, 5.41) is 0. The van der Waals surface area contributed by atoms with Gasteiger partial charge < -0.3 is 4.52 Å². The lowest BCUT2D eigenvalue weighted by molar-refractivity contribution is 0.276. The lowest BCUT2D eigenvalue weighted by atomic mass is 10.0. The first-order valence-corrected chi connectivity index (χ1v) is 13.9. The maximum atomic E-state index is 5.43. The predicted molar refractivity (Wildman–Crippen MR) is 120 cm³/mol. The van der Waals surface area contributed by atoms with Crippen LogP contribution < -0.4 is 0 Å². The molecule has 0 saturated heterocycles. The molecule has 0 spiro atoms. The number of hydrogen-bond acceptors (Lipinski definition) is 4. The Morgan fingerprint density at radius 3 is 1.24 bits per heavy atom. The van der Waals surface area contributed by atoms with Crippen LogP contribution in [-0.4, -0.2) is 6.61 Å². The molecule has 0 heterocycles. The molecule has 0 N–H and O–H groups in total. The van der Waals surface area contributed by atoms with Crippen LogP contribution in [0, 0.1) is 0 Å². The quantitative estimate of drug-likeness (QED) is 0.117. The third-order valence-corrected chi connectivity index (χ3v) is 9.45. The molecule has 25 heavy (non-hydrogen) atoms. The standard InChI is InChI=1S/C18H37Br2O3PS/c1-2-3-4-5-6-7-8-9-10-11-12-13-14-15-16-17-18-21-24(25,22-19)23-20/h2-18H2,1H3. The molecule has 0 aromatic carbocycles. The molecule has 0 radical (unpaired) electrons. The number of unbranched alkanes of at least 4 members (excludes halogenated alkanes) is 15. The zero-order valence-corrected chi connectivity index (χ0v) is 20.7. The molecule has 0 fully saturated rings. The minimum atomic E-state index is -2.60. The summed E-state index contributed by atoms with van der Waals surface area (Å²) in [7, 11) is 0. The third-order valence-electron chi connectivity index (χ3n) is 4.42. The maximum Gasteiger partial charge on any atom is 0.349 e. The second-order valence-corrected chi connectivity index (χ2v) is 11.2. The van der Waals surface area contributed by atoms with E-state index in [0.717, 1.165) is 6.42 Å². The van der Waals surface area contributed by atoms with Crippen LogP contribution in [0.2, 0.25) is 0 Å². The van der Waals surface area contributed by atoms with Crippen molar-refractivity contribution in [3.05, 3.63) is 0 Å². The molecule has 3 nitrogen and oxygen atoms in total. The highest BCUT2D eigenvalue weighted by atomic mass is 79.9. The molecular weight excluding hydrogens is 487 g/mol. The second kappa shape index (κ2) is 20.2. The summed E-state index contributed by atoms with van der Waals surface area (Å²) >= 11 is 10.8. The van der Waals surface area contributed by atoms with E-state index in [4.69, 9.17) is 23.6 Å². The van der Waals surface area contributed by atoms with Crippen molar-refractivity contribution in [2.75, 3.05) is 6.61 Å². The normalized spacial score (nSPS) is 12.0. The molecular formula is C18H37Br2O3PS. The molecule has 0 amide bonds. The smallest absolute Gasteiger partial charge is 0.308 e. The van der Waals surface area contributed by atoms with Gasteiger partial charge in [0.2, 0.25) is 0 Å². The van der Waals surface area contributed by atoms with E-state index in [1.54, 1.807) is 0 Å². The molecule has 0 rings (SSSR count). The molecule has 0 aromatic heterocycles. The van der Waals surface area contributed by atoms with Crippen molar-refractivity contribution >= 4 is 51.0 Å². The average Bonchev–Trinajstić information content (AvgIpc) is 2.64. The Labute approximate surface area is 178 Å². The van der Waals surface area contributed by atoms with Crippen LogP contribution in [0.3, 0.4) is 0 Å². The van der Waals surface area contributed by atoms with Crippen LogP contribution in [0.25, 0.3) is 0 Å². The summed E-state index contributed by atoms with van der Waals surface area (Å²) in [5.41, 5.74) is 0. The van der Waals surface area contributed by atoms with E-state index in [0.29, 0.717) is 6.61 Å². The lowest BCUT2D eigenvalue weighted by Gasteiger charge is -2.13. The van der Waals surface area contributed by atoms with Crippen molar-refractivity contribution in [3.8, 4) is 0 Å². The van der Waals surface area contributed by atoms with E-state index >= 15 is 0 Å². The van der Waals surface area contributed by atoms with Gasteiger partial charge in [-0.25, -0.2) is 7.23 Å². The minimum absolute atomic E-state index is 0.590. The number of halogens is 2. The molecule has 0 aromatic rings. The van der Waals surface area contributed by atoms with Gasteiger partial charge in [-0.2, -0.15) is 0 Å². The van der Waals surface area contributed by atoms with Crippen molar-refractivity contribution < 1.29 is 11.8 Å². The zero-order valence-electron chi connectivity index (χ0n) is 15.9. The van der Waals surface area contributed by atoms with Gasteiger partial charge in [-0.05, 0) is 18.2 Å². The molecule has 0 saturated carbocycles. The zero-order chi connectivity index (χ0) is 18.6. The first kappa shape index (κ1) is 26.5. The van der Waals surface area contributed by atoms with Gasteiger partial charge >= 0.3 is 6.72 Å². The van der Waals surface area contributed by atoms with Crippen molar-refractivity contribution in [3.63, 3.8) is 0 Å². The average molecular weight is 524 g/mol. The van der Waals surface area contributed by atoms with Crippen LogP contribution in [0.1, 0.15) is 110 Å². The summed E-state index contributed by atoms with van der Waals surface area (Å²) in [6, 6.07) is 0. The van der Waals surface area contributed by atoms with Crippen LogP contribution in [-0.2, 0) is 23.6 Å². The maximum absolute atomic E-state index is 5.43. The van der Waals surface area contributed by atoms with Crippen LogP contribution >= 0.6 is 39.2 Å². The third kappa shape index (κ3) is 18.6. The first-order chi connectivity index (χ1) is 12.2. The van der Waals surface area contributed by atoms with Gasteiger partial charge in [0.15, 0.2) is 0 Å². The monoisotopic (exact) mass is 522 g/mol. The Bertz CT molecular complexity index is 315. The Morgan fingerprint density at radius 2 is 0.920 bits per heavy atom. The van der Waals surface area contributed by atoms with Crippen LogP contribution in [0.4, 0.5) is 0 Å². The van der Waals surface area contributed by atoms with Gasteiger partial charge in [0.25, 0.3) is 0 Å². The van der Waals surface area contributed by atoms with Crippen molar-refractivity contribution in [1.82, 2.24) is 0 Å². The van der Waals surface area contributed by atoms with Gasteiger partial charge in [-0.15, -0.1) is 0 Å². The molecule has 0 aliphatic carbocycles. The largest absolute Gasteiger partial charge is 0.349 e. The summed E-state index contributed by atoms with van der Waals surface area (Å²) in [5.74, 6) is 0. The van der Waals surface area contributed by atoms with Crippen LogP contribution in [0.15, 0.2) is 0 Å². The summed E-state index contributed by atoms with van der Waals surface area (Å²) in [4.78, 5) is 0. The van der Waals surface area contributed by atoms with E-state index < -0.39 is 6.72 Å². The molecule has 0 aliphatic rings. The van der Waals surface area contributed by atoms with Gasteiger partial charge in [-0.3, -0.25) is 0 Å². The fourth-order valence-electron chi connectivity index (χ4n) is 2.88. The Morgan fingerprint density at radius 1 is 0.600 bits per heavy atom. The summed E-state index contributed by atoms with van der Waals surface area (Å²) < 4.78 is 15.2. The lowest BCUT2D eigenvalue weighted by Crippen LogP contribution is -1.93. The van der Waals surface area contributed by atoms with Crippen molar-refractivity contribution in [2.24, 2.45) is 0 Å². The van der Waals surface area contributed by atoms with Gasteiger partial charge in [-0.1, -0.05) is 103 Å². The van der Waals surface area contributed by atoms with Crippen molar-refractivity contribution in [1.29, 1.82) is 0 Å². The Balaban J connectivity index is 3.13. The number of rotatable bonds is 20. The highest BCUT2D eigenvalue weighted by molar-refractivity contribution is 9.08. The molecule has 0 unspecified atom stereocenters. The van der Waals surface area contributed by atoms with Crippen LogP contribution in [0.5, 0.6) is 0 Å². The van der Waals surface area contributed by atoms with E-state index in [1.165, 1.54) is 96.3 Å².